The van der Waals surface area contributed by atoms with Crippen LogP contribution in [-0.2, 0) is 4.74 Å². The van der Waals surface area contributed by atoms with Gasteiger partial charge in [-0.25, -0.2) is 0 Å². The summed E-state index contributed by atoms with van der Waals surface area (Å²) >= 11 is 0. The SMILES string of the molecule is C=Cc1cc(C(C)COC)ccc1N(C)C. The van der Waals surface area contributed by atoms with Crippen LogP contribution in [0.4, 0.5) is 5.69 Å². The van der Waals surface area contributed by atoms with Crippen molar-refractivity contribution in [1.82, 2.24) is 0 Å². The van der Waals surface area contributed by atoms with Crippen LogP contribution in [0, 0.1) is 0 Å². The molecule has 1 aromatic carbocycles. The number of methoxy groups -OCH3 is 1. The van der Waals surface area contributed by atoms with Gasteiger partial charge < -0.3 is 9.64 Å². The largest absolute Gasteiger partial charge is 0.384 e. The van der Waals surface area contributed by atoms with E-state index in [2.05, 4.69) is 36.6 Å². The molecule has 1 atom stereocenters. The van der Waals surface area contributed by atoms with Gasteiger partial charge in [0.1, 0.15) is 0 Å². The molecule has 1 unspecified atom stereocenters. The maximum Gasteiger partial charge on any atom is 0.0528 e. The third kappa shape index (κ3) is 2.86. The molecule has 0 aliphatic carbocycles. The second kappa shape index (κ2) is 5.71. The van der Waals surface area contributed by atoms with E-state index < -0.39 is 0 Å². The Bertz CT molecular complexity index is 358. The molecule has 0 saturated carbocycles. The standard InChI is InChI=1S/C14H21NO/c1-6-12-9-13(11(2)10-16-5)7-8-14(12)15(3)4/h6-9,11H,1,10H2,2-5H3. The Kier molecular flexibility index (Phi) is 4.56. The Morgan fingerprint density at radius 1 is 1.44 bits per heavy atom. The number of hydrogen-bond donors (Lipinski definition) is 0. The normalized spacial score (nSPS) is 12.2. The van der Waals surface area contributed by atoms with Crippen molar-refractivity contribution < 1.29 is 4.74 Å². The molecule has 2 nitrogen and oxygen atoms in total. The van der Waals surface area contributed by atoms with E-state index in [0.29, 0.717) is 5.92 Å². The molecule has 0 heterocycles. The van der Waals surface area contributed by atoms with Gasteiger partial charge in [0.25, 0.3) is 0 Å². The van der Waals surface area contributed by atoms with Crippen molar-refractivity contribution in [2.45, 2.75) is 12.8 Å². The second-order valence-electron chi connectivity index (χ2n) is 4.27. The summed E-state index contributed by atoms with van der Waals surface area (Å²) in [5, 5.41) is 0. The molecule has 0 aliphatic heterocycles. The van der Waals surface area contributed by atoms with Crippen molar-refractivity contribution >= 4 is 11.8 Å². The first kappa shape index (κ1) is 12.8. The average Bonchev–Trinajstić information content (AvgIpc) is 2.28. The van der Waals surface area contributed by atoms with Crippen LogP contribution in [-0.4, -0.2) is 27.8 Å². The van der Waals surface area contributed by atoms with Crippen LogP contribution in [0.15, 0.2) is 24.8 Å². The van der Waals surface area contributed by atoms with E-state index in [9.17, 15) is 0 Å². The predicted octanol–water partition coefficient (Wildman–Crippen LogP) is 3.15. The molecule has 0 aliphatic rings. The van der Waals surface area contributed by atoms with Crippen molar-refractivity contribution in [3.05, 3.63) is 35.9 Å². The molecule has 0 amide bonds. The van der Waals surface area contributed by atoms with Crippen molar-refractivity contribution in [3.8, 4) is 0 Å². The lowest BCUT2D eigenvalue weighted by Gasteiger charge is -2.18. The van der Waals surface area contributed by atoms with E-state index in [1.165, 1.54) is 16.8 Å². The zero-order valence-corrected chi connectivity index (χ0v) is 10.7. The summed E-state index contributed by atoms with van der Waals surface area (Å²) < 4.78 is 5.17. The lowest BCUT2D eigenvalue weighted by molar-refractivity contribution is 0.184. The van der Waals surface area contributed by atoms with Crippen molar-refractivity contribution in [2.24, 2.45) is 0 Å². The zero-order chi connectivity index (χ0) is 12.1. The number of benzene rings is 1. The fourth-order valence-electron chi connectivity index (χ4n) is 1.80. The molecule has 1 aromatic rings. The van der Waals surface area contributed by atoms with Crippen molar-refractivity contribution in [3.63, 3.8) is 0 Å². The van der Waals surface area contributed by atoms with Crippen LogP contribution < -0.4 is 4.90 Å². The zero-order valence-electron chi connectivity index (χ0n) is 10.7. The summed E-state index contributed by atoms with van der Waals surface area (Å²) in [6.45, 7) is 6.78. The quantitative estimate of drug-likeness (QED) is 0.754. The molecule has 0 spiro atoms. The van der Waals surface area contributed by atoms with Gasteiger partial charge in [-0.3, -0.25) is 0 Å². The monoisotopic (exact) mass is 219 g/mol. The molecule has 2 heteroatoms. The first-order chi connectivity index (χ1) is 7.60. The Morgan fingerprint density at radius 3 is 2.62 bits per heavy atom. The van der Waals surface area contributed by atoms with Gasteiger partial charge in [0.15, 0.2) is 0 Å². The number of anilines is 1. The van der Waals surface area contributed by atoms with Gasteiger partial charge in [-0.2, -0.15) is 0 Å². The number of nitrogens with zero attached hydrogens (tertiary/aromatic N) is 1. The molecular weight excluding hydrogens is 198 g/mol. The van der Waals surface area contributed by atoms with E-state index in [4.69, 9.17) is 4.74 Å². The van der Waals surface area contributed by atoms with Crippen LogP contribution in [0.5, 0.6) is 0 Å². The van der Waals surface area contributed by atoms with Gasteiger partial charge in [-0.05, 0) is 23.3 Å². The minimum Gasteiger partial charge on any atom is -0.384 e. The van der Waals surface area contributed by atoms with E-state index in [0.717, 1.165) is 6.61 Å². The maximum atomic E-state index is 5.17. The molecule has 0 bridgehead atoms. The fourth-order valence-corrected chi connectivity index (χ4v) is 1.80. The molecule has 0 fully saturated rings. The summed E-state index contributed by atoms with van der Waals surface area (Å²) in [7, 11) is 5.82. The highest BCUT2D eigenvalue weighted by Gasteiger charge is 2.08. The molecule has 0 saturated heterocycles. The first-order valence-electron chi connectivity index (χ1n) is 5.52. The van der Waals surface area contributed by atoms with Crippen molar-refractivity contribution in [1.29, 1.82) is 0 Å². The number of ether oxygens (including phenoxy) is 1. The van der Waals surface area contributed by atoms with Crippen LogP contribution in [0.25, 0.3) is 6.08 Å². The van der Waals surface area contributed by atoms with E-state index in [1.807, 2.05) is 20.2 Å². The maximum absolute atomic E-state index is 5.17. The molecule has 0 radical (unpaired) electrons. The minimum atomic E-state index is 0.417. The second-order valence-corrected chi connectivity index (χ2v) is 4.27. The van der Waals surface area contributed by atoms with Crippen LogP contribution in [0.1, 0.15) is 24.0 Å². The first-order valence-corrected chi connectivity index (χ1v) is 5.52. The molecular formula is C14H21NO. The molecule has 0 aromatic heterocycles. The van der Waals surface area contributed by atoms with Gasteiger partial charge in [0.05, 0.1) is 6.61 Å². The molecule has 1 rings (SSSR count). The lowest BCUT2D eigenvalue weighted by Crippen LogP contribution is -2.11. The van der Waals surface area contributed by atoms with Gasteiger partial charge >= 0.3 is 0 Å². The van der Waals surface area contributed by atoms with Crippen LogP contribution in [0.3, 0.4) is 0 Å². The molecule has 0 N–H and O–H groups in total. The number of rotatable bonds is 5. The van der Waals surface area contributed by atoms with E-state index >= 15 is 0 Å². The Balaban J connectivity index is 3.03. The summed E-state index contributed by atoms with van der Waals surface area (Å²) in [4.78, 5) is 2.10. The van der Waals surface area contributed by atoms with Gasteiger partial charge in [0.2, 0.25) is 0 Å². The summed E-state index contributed by atoms with van der Waals surface area (Å²) in [6, 6.07) is 6.48. The van der Waals surface area contributed by atoms with E-state index in [-0.39, 0.29) is 0 Å². The smallest absolute Gasteiger partial charge is 0.0528 e. The summed E-state index contributed by atoms with van der Waals surface area (Å²) in [5.41, 5.74) is 3.66. The summed E-state index contributed by atoms with van der Waals surface area (Å²) in [5.74, 6) is 0.417. The minimum absolute atomic E-state index is 0.417. The summed E-state index contributed by atoms with van der Waals surface area (Å²) in [6.07, 6.45) is 1.90. The number of hydrogen-bond acceptors (Lipinski definition) is 2. The third-order valence-electron chi connectivity index (χ3n) is 2.74. The Morgan fingerprint density at radius 2 is 2.12 bits per heavy atom. The average molecular weight is 219 g/mol. The Hall–Kier alpha value is -1.28. The third-order valence-corrected chi connectivity index (χ3v) is 2.74. The van der Waals surface area contributed by atoms with Crippen LogP contribution in [0.2, 0.25) is 0 Å². The highest BCUT2D eigenvalue weighted by molar-refractivity contribution is 5.67. The topological polar surface area (TPSA) is 12.5 Å². The van der Waals surface area contributed by atoms with Crippen molar-refractivity contribution in [2.75, 3.05) is 32.7 Å². The van der Waals surface area contributed by atoms with E-state index in [1.54, 1.807) is 7.11 Å². The lowest BCUT2D eigenvalue weighted by atomic mass is 9.98. The molecule has 88 valence electrons. The van der Waals surface area contributed by atoms with Gasteiger partial charge in [-0.1, -0.05) is 25.6 Å². The van der Waals surface area contributed by atoms with Gasteiger partial charge in [-0.15, -0.1) is 0 Å². The molecule has 16 heavy (non-hydrogen) atoms. The highest BCUT2D eigenvalue weighted by atomic mass is 16.5. The Labute approximate surface area is 98.5 Å². The highest BCUT2D eigenvalue weighted by Crippen LogP contribution is 2.25. The predicted molar refractivity (Wildman–Crippen MR) is 71.2 cm³/mol. The van der Waals surface area contributed by atoms with Gasteiger partial charge in [0, 0.05) is 32.8 Å². The van der Waals surface area contributed by atoms with Crippen LogP contribution >= 0.6 is 0 Å². The fraction of sp³-hybridized carbons (Fsp3) is 0.429.